The number of halogens is 4. The van der Waals surface area contributed by atoms with Crippen molar-refractivity contribution in [2.75, 3.05) is 61.4 Å². The quantitative estimate of drug-likeness (QED) is 0.209. The molecule has 1 aromatic carbocycles. The Bertz CT molecular complexity index is 2850. The van der Waals surface area contributed by atoms with Crippen LogP contribution in [0.4, 0.5) is 13.2 Å². The van der Waals surface area contributed by atoms with E-state index in [0.717, 1.165) is 49.1 Å². The van der Waals surface area contributed by atoms with Crippen LogP contribution < -0.4 is 21.3 Å². The lowest BCUT2D eigenvalue weighted by atomic mass is 9.84. The standard InChI is InChI=1S/C66H101ClF3N11O11/c1-13-41(6)56-63(91)76(9)37-54(84)75(8)38-55(85)78(11)51(35-43-20-15-14-16-21-43)62(90)81(45-25-26-45)36-52(82)72-48(28-24-44-23-27-46(47(67)34-44)66(68,69)70)61(89)80-31-19-22-49(80)59(87)74-65(29-17-18-30-65)64(92)79(12)57(40(4)5)60(88)71-42(7)33-53(83)77(10)50(32-39(2)3)58(86)73-56/h23,27,34,39-43,45,48-51,56-57H,13-22,24-26,28-33,35-38H2,1-12H3,(H,71,88)(H,72,82)(H,73,86)(H,74,87)/t41-,42+,48-,49?,50-,51-,56-,57-/m0/s1. The Morgan fingerprint density at radius 2 is 1.28 bits per heavy atom. The zero-order chi connectivity index (χ0) is 68.3. The van der Waals surface area contributed by atoms with Crippen LogP contribution >= 0.6 is 11.6 Å². The number of nitrogens with one attached hydrogen (secondary N) is 4. The first kappa shape index (κ1) is 74.5. The summed E-state index contributed by atoms with van der Waals surface area (Å²) in [5.41, 5.74) is -2.23. The second kappa shape index (κ2) is 32.5. The number of amides is 11. The zero-order valence-electron chi connectivity index (χ0n) is 56.1. The van der Waals surface area contributed by atoms with Crippen LogP contribution in [0, 0.1) is 23.7 Å². The van der Waals surface area contributed by atoms with E-state index in [1.807, 2.05) is 20.8 Å². The number of fused-ring (bicyclic) bond motifs is 1. The summed E-state index contributed by atoms with van der Waals surface area (Å²) in [4.78, 5) is 170. The predicted molar refractivity (Wildman–Crippen MR) is 340 cm³/mol. The second-order valence-electron chi connectivity index (χ2n) is 27.6. The highest BCUT2D eigenvalue weighted by Crippen LogP contribution is 2.37. The molecule has 11 amide bonds. The molecule has 514 valence electrons. The summed E-state index contributed by atoms with van der Waals surface area (Å²) in [6.45, 7) is 11.1. The van der Waals surface area contributed by atoms with Gasteiger partial charge in [-0.2, -0.15) is 13.2 Å². The van der Waals surface area contributed by atoms with E-state index in [0.29, 0.717) is 44.1 Å². The van der Waals surface area contributed by atoms with Crippen molar-refractivity contribution >= 4 is 76.6 Å². The maximum absolute atomic E-state index is 15.2. The monoisotopic (exact) mass is 1320 g/mol. The summed E-state index contributed by atoms with van der Waals surface area (Å²) < 4.78 is 41.5. The summed E-state index contributed by atoms with van der Waals surface area (Å²) in [5, 5.41) is 11.1. The normalized spacial score (nSPS) is 26.8. The molecule has 5 aliphatic rings. The number of likely N-dealkylation sites (N-methyl/N-ethyl adjacent to an activating group) is 5. The van der Waals surface area contributed by atoms with Gasteiger partial charge in [-0.05, 0) is 112 Å². The number of aryl methyl sites for hydroxylation is 1. The first-order valence-electron chi connectivity index (χ1n) is 33.2. The maximum atomic E-state index is 15.2. The van der Waals surface area contributed by atoms with E-state index < -0.39 is 167 Å². The van der Waals surface area contributed by atoms with Crippen molar-refractivity contribution in [1.29, 1.82) is 0 Å². The molecule has 26 heteroatoms. The van der Waals surface area contributed by atoms with E-state index >= 15 is 14.4 Å². The molecule has 3 saturated carbocycles. The fraction of sp³-hybridized carbons (Fsp3) is 0.742. The smallest absolute Gasteiger partial charge is 0.351 e. The van der Waals surface area contributed by atoms with Gasteiger partial charge < -0.3 is 55.6 Å². The van der Waals surface area contributed by atoms with E-state index in [9.17, 15) is 51.5 Å². The minimum Gasteiger partial charge on any atom is -0.351 e. The van der Waals surface area contributed by atoms with Gasteiger partial charge in [-0.25, -0.2) is 0 Å². The molecule has 1 aromatic rings. The number of alkyl halides is 3. The minimum absolute atomic E-state index is 0.0456. The number of carbonyl (C=O) groups excluding carboxylic acids is 11. The van der Waals surface area contributed by atoms with Crippen LogP contribution in [0.5, 0.6) is 0 Å². The van der Waals surface area contributed by atoms with Crippen LogP contribution in [0.1, 0.15) is 175 Å². The third-order valence-corrected chi connectivity index (χ3v) is 19.8. The summed E-state index contributed by atoms with van der Waals surface area (Å²) in [6, 6.07) is -4.89. The molecule has 8 atom stereocenters. The molecule has 2 heterocycles. The molecule has 5 fully saturated rings. The van der Waals surface area contributed by atoms with E-state index in [4.69, 9.17) is 11.6 Å². The topological polar surface area (TPSA) is 259 Å². The number of carbonyl (C=O) groups is 11. The Morgan fingerprint density at radius 1 is 0.652 bits per heavy atom. The van der Waals surface area contributed by atoms with Crippen molar-refractivity contribution in [3.05, 3.63) is 34.3 Å². The van der Waals surface area contributed by atoms with Crippen LogP contribution in [-0.2, 0) is 65.3 Å². The van der Waals surface area contributed by atoms with Crippen molar-refractivity contribution in [1.82, 2.24) is 55.6 Å². The molecule has 2 aliphatic heterocycles. The number of hydrogen-bond donors (Lipinski definition) is 4. The summed E-state index contributed by atoms with van der Waals surface area (Å²) in [5.74, 6) is -7.55. The van der Waals surface area contributed by atoms with Gasteiger partial charge in [0.25, 0.3) is 0 Å². The van der Waals surface area contributed by atoms with Gasteiger partial charge in [0.05, 0.1) is 30.2 Å². The third kappa shape index (κ3) is 19.1. The largest absolute Gasteiger partial charge is 0.417 e. The Labute approximate surface area is 545 Å². The predicted octanol–water partition coefficient (Wildman–Crippen LogP) is 5.70. The lowest BCUT2D eigenvalue weighted by Crippen LogP contribution is -2.64. The fourth-order valence-electron chi connectivity index (χ4n) is 13.6. The molecule has 2 saturated heterocycles. The Hall–Kier alpha value is -6.53. The molecular formula is C66H101ClF3N11O11. The Balaban J connectivity index is 1.38. The maximum Gasteiger partial charge on any atom is 0.417 e. The highest BCUT2D eigenvalue weighted by Gasteiger charge is 2.50. The number of benzene rings is 1. The van der Waals surface area contributed by atoms with Crippen LogP contribution in [0.2, 0.25) is 5.02 Å². The average molecular weight is 1320 g/mol. The summed E-state index contributed by atoms with van der Waals surface area (Å²) in [6.07, 6.45) is 3.28. The SMILES string of the molecule is CC[C@H](C)[C@@H]1NC(=O)[C@H](CC(C)C)N(C)C(=O)C[C@@H](C)NC(=O)[C@H](C(C)C)N(C)C(=O)C2(CCCC2)NC(=O)C2CCCN2C(=O)[C@H](CCc2ccc(C(F)(F)F)c(Cl)c2)NC(=O)CN(C2CC2)C(=O)[C@H](CC2CCCCC2)N(C)C(=O)CN(C)C(=O)CN(C)C1=O. The first-order chi connectivity index (χ1) is 43.2. The van der Waals surface area contributed by atoms with E-state index in [-0.39, 0.29) is 69.7 Å². The molecule has 6 rings (SSSR count). The highest BCUT2D eigenvalue weighted by molar-refractivity contribution is 6.31. The number of nitrogens with zero attached hydrogens (tertiary/aromatic N) is 7. The molecule has 0 radical (unpaired) electrons. The van der Waals surface area contributed by atoms with E-state index in [1.165, 1.54) is 70.7 Å². The van der Waals surface area contributed by atoms with Gasteiger partial charge in [-0.1, -0.05) is 111 Å². The Kier molecular flexibility index (Phi) is 26.4. The number of rotatable bonds is 11. The van der Waals surface area contributed by atoms with Crippen molar-refractivity contribution in [2.24, 2.45) is 23.7 Å². The molecule has 0 aromatic heterocycles. The molecule has 4 N–H and O–H groups in total. The average Bonchev–Trinajstić information content (AvgIpc) is 1.62. The van der Waals surface area contributed by atoms with Crippen LogP contribution in [-0.4, -0.2) is 215 Å². The molecular weight excluding hydrogens is 1220 g/mol. The van der Waals surface area contributed by atoms with Crippen molar-refractivity contribution in [3.8, 4) is 0 Å². The number of hydrogen-bond acceptors (Lipinski definition) is 11. The van der Waals surface area contributed by atoms with Crippen molar-refractivity contribution in [3.63, 3.8) is 0 Å². The fourth-order valence-corrected chi connectivity index (χ4v) is 13.9. The van der Waals surface area contributed by atoms with Crippen LogP contribution in [0.25, 0.3) is 0 Å². The van der Waals surface area contributed by atoms with Gasteiger partial charge in [0.2, 0.25) is 65.0 Å². The van der Waals surface area contributed by atoms with Gasteiger partial charge >= 0.3 is 6.18 Å². The Morgan fingerprint density at radius 3 is 1.87 bits per heavy atom. The molecule has 1 spiro atoms. The van der Waals surface area contributed by atoms with Gasteiger partial charge in [0, 0.05) is 60.3 Å². The molecule has 92 heavy (non-hydrogen) atoms. The second-order valence-corrected chi connectivity index (χ2v) is 28.0. The van der Waals surface area contributed by atoms with Crippen LogP contribution in [0.3, 0.4) is 0 Å². The highest BCUT2D eigenvalue weighted by atomic mass is 35.5. The summed E-state index contributed by atoms with van der Waals surface area (Å²) in [7, 11) is 7.25. The summed E-state index contributed by atoms with van der Waals surface area (Å²) >= 11 is 6.14. The molecule has 0 bridgehead atoms. The van der Waals surface area contributed by atoms with Gasteiger partial charge in [-0.15, -0.1) is 0 Å². The van der Waals surface area contributed by atoms with E-state index in [1.54, 1.807) is 27.7 Å². The molecule has 1 unspecified atom stereocenters. The zero-order valence-corrected chi connectivity index (χ0v) is 56.8. The third-order valence-electron chi connectivity index (χ3n) is 19.5. The van der Waals surface area contributed by atoms with E-state index in [2.05, 4.69) is 21.3 Å². The lowest BCUT2D eigenvalue weighted by Gasteiger charge is -2.39. The minimum atomic E-state index is -4.74. The van der Waals surface area contributed by atoms with Gasteiger partial charge in [0.15, 0.2) is 0 Å². The van der Waals surface area contributed by atoms with Crippen molar-refractivity contribution in [2.45, 2.75) is 231 Å². The molecule has 22 nitrogen and oxygen atoms in total. The lowest BCUT2D eigenvalue weighted by molar-refractivity contribution is -0.150. The van der Waals surface area contributed by atoms with Gasteiger partial charge in [-0.3, -0.25) is 52.7 Å². The van der Waals surface area contributed by atoms with Gasteiger partial charge in [0.1, 0.15) is 41.8 Å². The van der Waals surface area contributed by atoms with Crippen molar-refractivity contribution < 1.29 is 65.9 Å². The molecule has 3 aliphatic carbocycles. The first-order valence-corrected chi connectivity index (χ1v) is 33.5. The van der Waals surface area contributed by atoms with Crippen LogP contribution in [0.15, 0.2) is 18.2 Å².